The van der Waals surface area contributed by atoms with Crippen molar-refractivity contribution >= 4 is 27.6 Å². The highest BCUT2D eigenvalue weighted by atomic mass is 32.2. The summed E-state index contributed by atoms with van der Waals surface area (Å²) < 4.78 is 33.1. The van der Waals surface area contributed by atoms with Gasteiger partial charge in [0.1, 0.15) is 10.6 Å². The van der Waals surface area contributed by atoms with Gasteiger partial charge in [0, 0.05) is 18.8 Å². The number of nitrogens with one attached hydrogen (secondary N) is 2. The quantitative estimate of drug-likeness (QED) is 0.541. The van der Waals surface area contributed by atoms with Crippen LogP contribution in [0.2, 0.25) is 0 Å². The van der Waals surface area contributed by atoms with Crippen LogP contribution in [0.4, 0.5) is 10.5 Å². The SMILES string of the molecule is COc1ccc(NC(=O)CC(NC(N)=O)c2cccc(C)c2)cc1S(=O)(=O)N1CCCCC1. The lowest BCUT2D eigenvalue weighted by Gasteiger charge is -2.26. The summed E-state index contributed by atoms with van der Waals surface area (Å²) in [6.07, 6.45) is 2.55. The van der Waals surface area contributed by atoms with Gasteiger partial charge in [-0.1, -0.05) is 36.2 Å². The fraction of sp³-hybridized carbons (Fsp3) is 0.391. The molecule has 0 aliphatic carbocycles. The zero-order valence-electron chi connectivity index (χ0n) is 18.8. The highest BCUT2D eigenvalue weighted by Gasteiger charge is 2.29. The first-order valence-electron chi connectivity index (χ1n) is 10.8. The Morgan fingerprint density at radius 2 is 1.85 bits per heavy atom. The molecule has 1 unspecified atom stereocenters. The molecule has 178 valence electrons. The molecule has 3 rings (SSSR count). The fourth-order valence-electron chi connectivity index (χ4n) is 3.91. The Labute approximate surface area is 194 Å². The Morgan fingerprint density at radius 3 is 2.48 bits per heavy atom. The lowest BCUT2D eigenvalue weighted by atomic mass is 10.0. The zero-order valence-corrected chi connectivity index (χ0v) is 19.7. The smallest absolute Gasteiger partial charge is 0.312 e. The Kier molecular flexibility index (Phi) is 7.93. The normalized spacial score (nSPS) is 15.5. The molecule has 1 heterocycles. The summed E-state index contributed by atoms with van der Waals surface area (Å²) in [5.41, 5.74) is 7.34. The molecule has 0 spiro atoms. The van der Waals surface area contributed by atoms with E-state index in [9.17, 15) is 18.0 Å². The van der Waals surface area contributed by atoms with Crippen LogP contribution < -0.4 is 21.1 Å². The van der Waals surface area contributed by atoms with E-state index < -0.39 is 28.0 Å². The van der Waals surface area contributed by atoms with Gasteiger partial charge >= 0.3 is 6.03 Å². The van der Waals surface area contributed by atoms with E-state index in [0.717, 1.165) is 30.4 Å². The number of carbonyl (C=O) groups excluding carboxylic acids is 2. The lowest BCUT2D eigenvalue weighted by Crippen LogP contribution is -2.36. The number of urea groups is 1. The lowest BCUT2D eigenvalue weighted by molar-refractivity contribution is -0.116. The largest absolute Gasteiger partial charge is 0.495 e. The standard InChI is InChI=1S/C23H30N4O5S/c1-16-7-6-8-17(13-16)19(26-23(24)29)15-22(28)25-18-9-10-20(32-2)21(14-18)33(30,31)27-11-4-3-5-12-27/h6-10,13-14,19H,3-5,11-12,15H2,1-2H3,(H,25,28)(H3,24,26,29). The molecule has 1 aliphatic rings. The number of methoxy groups -OCH3 is 1. The van der Waals surface area contributed by atoms with Gasteiger partial charge in [0.2, 0.25) is 15.9 Å². The summed E-state index contributed by atoms with van der Waals surface area (Å²) in [5.74, 6) is -0.187. The van der Waals surface area contributed by atoms with E-state index in [0.29, 0.717) is 18.8 Å². The van der Waals surface area contributed by atoms with E-state index in [1.54, 1.807) is 12.1 Å². The number of ether oxygens (including phenoxy) is 1. The number of rotatable bonds is 8. The molecule has 1 atom stereocenters. The second-order valence-electron chi connectivity index (χ2n) is 8.06. The van der Waals surface area contributed by atoms with Gasteiger partial charge < -0.3 is 21.1 Å². The first-order valence-corrected chi connectivity index (χ1v) is 12.3. The van der Waals surface area contributed by atoms with E-state index in [-0.39, 0.29) is 17.1 Å². The number of nitrogens with zero attached hydrogens (tertiary/aromatic N) is 1. The molecule has 1 saturated heterocycles. The van der Waals surface area contributed by atoms with Crippen molar-refractivity contribution in [3.63, 3.8) is 0 Å². The average molecular weight is 475 g/mol. The van der Waals surface area contributed by atoms with Gasteiger partial charge in [0.15, 0.2) is 0 Å². The average Bonchev–Trinajstić information content (AvgIpc) is 2.79. The van der Waals surface area contributed by atoms with Crippen molar-refractivity contribution in [1.29, 1.82) is 0 Å². The van der Waals surface area contributed by atoms with Crippen molar-refractivity contribution in [3.8, 4) is 5.75 Å². The Bertz CT molecular complexity index is 1110. The van der Waals surface area contributed by atoms with Gasteiger partial charge in [-0.05, 0) is 43.5 Å². The van der Waals surface area contributed by atoms with Crippen LogP contribution in [0.15, 0.2) is 47.4 Å². The molecule has 9 nitrogen and oxygen atoms in total. The van der Waals surface area contributed by atoms with Gasteiger partial charge in [-0.15, -0.1) is 0 Å². The van der Waals surface area contributed by atoms with Gasteiger partial charge in [-0.25, -0.2) is 13.2 Å². The summed E-state index contributed by atoms with van der Waals surface area (Å²) in [6.45, 7) is 2.82. The van der Waals surface area contributed by atoms with Gasteiger partial charge in [-0.2, -0.15) is 4.31 Å². The number of hydrogen-bond donors (Lipinski definition) is 3. The second kappa shape index (κ2) is 10.7. The van der Waals surface area contributed by atoms with E-state index in [2.05, 4.69) is 10.6 Å². The highest BCUT2D eigenvalue weighted by molar-refractivity contribution is 7.89. The first kappa shape index (κ1) is 24.5. The number of piperidine rings is 1. The van der Waals surface area contributed by atoms with Crippen molar-refractivity contribution < 1.29 is 22.7 Å². The summed E-state index contributed by atoms with van der Waals surface area (Å²) in [4.78, 5) is 24.3. The molecule has 2 aromatic carbocycles. The first-order chi connectivity index (χ1) is 15.7. The van der Waals surface area contributed by atoms with E-state index in [1.165, 1.54) is 23.5 Å². The number of hydrogen-bond acceptors (Lipinski definition) is 5. The van der Waals surface area contributed by atoms with Crippen LogP contribution in [-0.2, 0) is 14.8 Å². The molecule has 1 aliphatic heterocycles. The molecule has 0 bridgehead atoms. The molecule has 0 radical (unpaired) electrons. The predicted octanol–water partition coefficient (Wildman–Crippen LogP) is 2.92. The topological polar surface area (TPSA) is 131 Å². The molecule has 3 amide bonds. The third-order valence-electron chi connectivity index (χ3n) is 5.53. The molecule has 0 aromatic heterocycles. The van der Waals surface area contributed by atoms with Crippen molar-refractivity contribution in [2.45, 2.75) is 43.5 Å². The predicted molar refractivity (Wildman–Crippen MR) is 125 cm³/mol. The monoisotopic (exact) mass is 474 g/mol. The number of aryl methyl sites for hydroxylation is 1. The van der Waals surface area contributed by atoms with E-state index in [4.69, 9.17) is 10.5 Å². The molecule has 1 fully saturated rings. The molecule has 10 heteroatoms. The molecular formula is C23H30N4O5S. The van der Waals surface area contributed by atoms with Crippen LogP contribution in [-0.4, -0.2) is 44.9 Å². The van der Waals surface area contributed by atoms with Crippen LogP contribution in [0.3, 0.4) is 0 Å². The number of benzene rings is 2. The Morgan fingerprint density at radius 1 is 1.12 bits per heavy atom. The maximum Gasteiger partial charge on any atom is 0.312 e. The second-order valence-corrected chi connectivity index (χ2v) is 9.96. The molecular weight excluding hydrogens is 444 g/mol. The van der Waals surface area contributed by atoms with Crippen LogP contribution in [0, 0.1) is 6.92 Å². The molecule has 2 aromatic rings. The highest BCUT2D eigenvalue weighted by Crippen LogP contribution is 2.31. The van der Waals surface area contributed by atoms with Crippen LogP contribution in [0.25, 0.3) is 0 Å². The van der Waals surface area contributed by atoms with Crippen molar-refractivity contribution in [3.05, 3.63) is 53.6 Å². The minimum absolute atomic E-state index is 0.00944. The van der Waals surface area contributed by atoms with Gasteiger partial charge in [0.25, 0.3) is 0 Å². The maximum absolute atomic E-state index is 13.2. The Hall–Kier alpha value is -3.11. The number of carbonyl (C=O) groups is 2. The van der Waals surface area contributed by atoms with Crippen molar-refractivity contribution in [2.24, 2.45) is 5.73 Å². The summed E-state index contributed by atoms with van der Waals surface area (Å²) in [5, 5.41) is 5.32. The molecule has 33 heavy (non-hydrogen) atoms. The number of sulfonamides is 1. The molecule has 0 saturated carbocycles. The van der Waals surface area contributed by atoms with E-state index >= 15 is 0 Å². The number of primary amides is 1. The summed E-state index contributed by atoms with van der Waals surface area (Å²) >= 11 is 0. The van der Waals surface area contributed by atoms with Crippen LogP contribution in [0.1, 0.15) is 42.9 Å². The Balaban J connectivity index is 1.81. The van der Waals surface area contributed by atoms with Crippen LogP contribution >= 0.6 is 0 Å². The number of anilines is 1. The van der Waals surface area contributed by atoms with Crippen molar-refractivity contribution in [2.75, 3.05) is 25.5 Å². The molecule has 4 N–H and O–H groups in total. The van der Waals surface area contributed by atoms with Crippen LogP contribution in [0.5, 0.6) is 5.75 Å². The summed E-state index contributed by atoms with van der Waals surface area (Å²) in [6, 6.07) is 10.5. The minimum atomic E-state index is -3.77. The number of nitrogens with two attached hydrogens (primary N) is 1. The van der Waals surface area contributed by atoms with Crippen molar-refractivity contribution in [1.82, 2.24) is 9.62 Å². The fourth-order valence-corrected chi connectivity index (χ4v) is 5.61. The maximum atomic E-state index is 13.2. The third kappa shape index (κ3) is 6.23. The van der Waals surface area contributed by atoms with Gasteiger partial charge in [0.05, 0.1) is 19.6 Å². The van der Waals surface area contributed by atoms with E-state index in [1.807, 2.05) is 25.1 Å². The van der Waals surface area contributed by atoms with Gasteiger partial charge in [-0.3, -0.25) is 4.79 Å². The summed E-state index contributed by atoms with van der Waals surface area (Å²) in [7, 11) is -2.36. The third-order valence-corrected chi connectivity index (χ3v) is 7.45. The number of amides is 3. The minimum Gasteiger partial charge on any atom is -0.495 e. The zero-order chi connectivity index (χ0) is 24.0.